The van der Waals surface area contributed by atoms with Gasteiger partial charge in [0.2, 0.25) is 0 Å². The summed E-state index contributed by atoms with van der Waals surface area (Å²) in [6.45, 7) is 1.96. The first-order valence-corrected chi connectivity index (χ1v) is 8.54. The van der Waals surface area contributed by atoms with Gasteiger partial charge in [-0.1, -0.05) is 13.3 Å². The van der Waals surface area contributed by atoms with Gasteiger partial charge < -0.3 is 20.5 Å². The molecule has 0 spiro atoms. The zero-order chi connectivity index (χ0) is 17.1. The monoisotopic (exact) mass is 446 g/mol. The van der Waals surface area contributed by atoms with Crippen LogP contribution < -0.4 is 10.6 Å². The Hall–Kier alpha value is -1.54. The third-order valence-corrected chi connectivity index (χ3v) is 4.64. The highest BCUT2D eigenvalue weighted by molar-refractivity contribution is 9.11. The molecule has 1 atom stereocenters. The lowest BCUT2D eigenvalue weighted by molar-refractivity contribution is -0.136. The first-order chi connectivity index (χ1) is 10.9. The van der Waals surface area contributed by atoms with Crippen LogP contribution in [-0.4, -0.2) is 24.2 Å². The molecule has 2 rings (SSSR count). The summed E-state index contributed by atoms with van der Waals surface area (Å²) in [7, 11) is 1.30. The Bertz CT molecular complexity index is 665. The summed E-state index contributed by atoms with van der Waals surface area (Å²) in [5.74, 6) is -0.460. The molecule has 0 bridgehead atoms. The second-order valence-electron chi connectivity index (χ2n) is 5.00. The van der Waals surface area contributed by atoms with E-state index < -0.39 is 12.0 Å². The highest BCUT2D eigenvalue weighted by Gasteiger charge is 2.33. The maximum absolute atomic E-state index is 12.2. The Kier molecular flexibility index (Phi) is 5.69. The van der Waals surface area contributed by atoms with Crippen LogP contribution in [0.15, 0.2) is 32.3 Å². The van der Waals surface area contributed by atoms with Crippen LogP contribution in [0.3, 0.4) is 0 Å². The van der Waals surface area contributed by atoms with Gasteiger partial charge in [0.05, 0.1) is 27.7 Å². The van der Waals surface area contributed by atoms with Crippen molar-refractivity contribution in [1.82, 2.24) is 10.6 Å². The molecule has 0 aliphatic carbocycles. The molecule has 0 radical (unpaired) electrons. The summed E-state index contributed by atoms with van der Waals surface area (Å²) in [6, 6.07) is 2.27. The van der Waals surface area contributed by atoms with Gasteiger partial charge in [0.25, 0.3) is 0 Å². The average molecular weight is 448 g/mol. The molecule has 3 N–H and O–H groups in total. The molecule has 2 amide bonds. The second kappa shape index (κ2) is 7.35. The van der Waals surface area contributed by atoms with E-state index in [1.54, 1.807) is 12.1 Å². The van der Waals surface area contributed by atoms with Crippen LogP contribution in [0.5, 0.6) is 5.75 Å². The number of benzene rings is 1. The number of nitrogens with one attached hydrogen (secondary N) is 2. The number of allylic oxidation sites excluding steroid dienone is 1. The van der Waals surface area contributed by atoms with Gasteiger partial charge in [-0.3, -0.25) is 0 Å². The van der Waals surface area contributed by atoms with E-state index in [1.165, 1.54) is 7.11 Å². The van der Waals surface area contributed by atoms with Gasteiger partial charge in [0.1, 0.15) is 5.75 Å². The molecule has 1 aromatic rings. The molecule has 1 unspecified atom stereocenters. The minimum absolute atomic E-state index is 0.0476. The molecule has 8 heteroatoms. The molecular weight excluding hydrogens is 432 g/mol. The van der Waals surface area contributed by atoms with Crippen molar-refractivity contribution in [3.05, 3.63) is 37.9 Å². The van der Waals surface area contributed by atoms with Crippen LogP contribution in [0.1, 0.15) is 31.4 Å². The third-order valence-electron chi connectivity index (χ3n) is 3.43. The molecule has 0 fully saturated rings. The van der Waals surface area contributed by atoms with E-state index in [0.717, 1.165) is 6.42 Å². The molecule has 1 aromatic carbocycles. The van der Waals surface area contributed by atoms with Crippen molar-refractivity contribution in [2.24, 2.45) is 0 Å². The molecule has 1 aliphatic rings. The first-order valence-electron chi connectivity index (χ1n) is 6.95. The highest BCUT2D eigenvalue weighted by atomic mass is 79.9. The Morgan fingerprint density at radius 1 is 1.35 bits per heavy atom. The minimum Gasteiger partial charge on any atom is -0.506 e. The van der Waals surface area contributed by atoms with Crippen molar-refractivity contribution in [1.29, 1.82) is 0 Å². The van der Waals surface area contributed by atoms with Crippen LogP contribution in [0, 0.1) is 0 Å². The number of halogens is 2. The van der Waals surface area contributed by atoms with Gasteiger partial charge in [-0.2, -0.15) is 0 Å². The van der Waals surface area contributed by atoms with Gasteiger partial charge in [-0.05, 0) is 56.0 Å². The number of methoxy groups -OCH3 is 1. The van der Waals surface area contributed by atoms with E-state index in [4.69, 9.17) is 4.74 Å². The van der Waals surface area contributed by atoms with Crippen molar-refractivity contribution >= 4 is 43.9 Å². The van der Waals surface area contributed by atoms with Crippen LogP contribution in [-0.2, 0) is 9.53 Å². The molecule has 23 heavy (non-hydrogen) atoms. The van der Waals surface area contributed by atoms with Gasteiger partial charge >= 0.3 is 12.0 Å². The second-order valence-corrected chi connectivity index (χ2v) is 6.71. The number of carbonyl (C=O) groups excluding carboxylic acids is 2. The Morgan fingerprint density at radius 3 is 2.48 bits per heavy atom. The quantitative estimate of drug-likeness (QED) is 0.616. The fraction of sp³-hybridized carbons (Fsp3) is 0.333. The Balaban J connectivity index is 2.59. The fourth-order valence-electron chi connectivity index (χ4n) is 2.42. The molecular formula is C15H16Br2N2O4. The van der Waals surface area contributed by atoms with Gasteiger partial charge in [-0.25, -0.2) is 9.59 Å². The van der Waals surface area contributed by atoms with E-state index >= 15 is 0 Å². The number of hydrogen-bond donors (Lipinski definition) is 3. The fourth-order valence-corrected chi connectivity index (χ4v) is 3.64. The number of aromatic hydroxyl groups is 1. The maximum Gasteiger partial charge on any atom is 0.337 e. The van der Waals surface area contributed by atoms with Gasteiger partial charge in [-0.15, -0.1) is 0 Å². The van der Waals surface area contributed by atoms with E-state index in [2.05, 4.69) is 42.5 Å². The summed E-state index contributed by atoms with van der Waals surface area (Å²) < 4.78 is 5.79. The van der Waals surface area contributed by atoms with Crippen molar-refractivity contribution in [3.63, 3.8) is 0 Å². The minimum atomic E-state index is -0.661. The smallest absolute Gasteiger partial charge is 0.337 e. The van der Waals surface area contributed by atoms with Crippen LogP contribution in [0.4, 0.5) is 4.79 Å². The zero-order valence-electron chi connectivity index (χ0n) is 12.6. The van der Waals surface area contributed by atoms with Crippen molar-refractivity contribution in [2.75, 3.05) is 7.11 Å². The molecule has 0 saturated carbocycles. The number of esters is 1. The lowest BCUT2D eigenvalue weighted by Crippen LogP contribution is -2.45. The summed E-state index contributed by atoms with van der Waals surface area (Å²) in [5, 5.41) is 15.2. The number of hydrogen-bond acceptors (Lipinski definition) is 4. The van der Waals surface area contributed by atoms with Crippen LogP contribution in [0.25, 0.3) is 0 Å². The number of phenols is 1. The normalized spacial score (nSPS) is 17.6. The Morgan fingerprint density at radius 2 is 1.96 bits per heavy atom. The number of ether oxygens (including phenoxy) is 1. The topological polar surface area (TPSA) is 87.7 Å². The van der Waals surface area contributed by atoms with E-state index in [-0.39, 0.29) is 11.8 Å². The predicted octanol–water partition coefficient (Wildman–Crippen LogP) is 3.50. The SMILES string of the molecule is CCCC1=C(C(=O)OC)C(c2cc(Br)c(O)c(Br)c2)NC(=O)N1. The lowest BCUT2D eigenvalue weighted by Gasteiger charge is -2.29. The predicted molar refractivity (Wildman–Crippen MR) is 91.9 cm³/mol. The molecule has 0 aromatic heterocycles. The average Bonchev–Trinajstić information content (AvgIpc) is 2.51. The molecule has 1 aliphatic heterocycles. The summed E-state index contributed by atoms with van der Waals surface area (Å²) in [5.41, 5.74) is 1.55. The molecule has 1 heterocycles. The molecule has 124 valence electrons. The molecule has 6 nitrogen and oxygen atoms in total. The van der Waals surface area contributed by atoms with Gasteiger partial charge in [0, 0.05) is 5.70 Å². The standard InChI is InChI=1S/C15H16Br2N2O4/c1-3-4-10-11(14(21)23-2)12(19-15(22)18-10)7-5-8(16)13(20)9(17)6-7/h5-6,12,20H,3-4H2,1-2H3,(H2,18,19,22). The first kappa shape index (κ1) is 17.8. The Labute approximate surface area is 150 Å². The van der Waals surface area contributed by atoms with Crippen molar-refractivity contribution in [2.45, 2.75) is 25.8 Å². The number of rotatable bonds is 4. The summed E-state index contributed by atoms with van der Waals surface area (Å²) in [6.07, 6.45) is 1.32. The number of urea groups is 1. The van der Waals surface area contributed by atoms with Crippen molar-refractivity contribution in [3.8, 4) is 5.75 Å². The van der Waals surface area contributed by atoms with Gasteiger partial charge in [0.15, 0.2) is 0 Å². The van der Waals surface area contributed by atoms with Crippen molar-refractivity contribution < 1.29 is 19.4 Å². The van der Waals surface area contributed by atoms with Crippen LogP contribution >= 0.6 is 31.9 Å². The lowest BCUT2D eigenvalue weighted by atomic mass is 9.94. The van der Waals surface area contributed by atoms with E-state index in [9.17, 15) is 14.7 Å². The summed E-state index contributed by atoms with van der Waals surface area (Å²) >= 11 is 6.52. The largest absolute Gasteiger partial charge is 0.506 e. The third kappa shape index (κ3) is 3.69. The summed E-state index contributed by atoms with van der Waals surface area (Å²) in [4.78, 5) is 24.2. The van der Waals surface area contributed by atoms with E-state index in [1.807, 2.05) is 6.92 Å². The zero-order valence-corrected chi connectivity index (χ0v) is 15.7. The number of amides is 2. The number of carbonyl (C=O) groups is 2. The van der Waals surface area contributed by atoms with Crippen LogP contribution in [0.2, 0.25) is 0 Å². The number of phenolic OH excluding ortho intramolecular Hbond substituents is 1. The maximum atomic E-state index is 12.2. The molecule has 0 saturated heterocycles. The van der Waals surface area contributed by atoms with E-state index in [0.29, 0.717) is 32.2 Å². The highest BCUT2D eigenvalue weighted by Crippen LogP contribution is 2.38.